The molecule has 0 bridgehead atoms. The SMILES string of the molecule is CCCCCOc1ccc(NC(=O)C(=O)Nn2c(C(=O)Nc3ccccc3)cc3cc(Br)ccc32)cc1. The number of nitrogens with one attached hydrogen (secondary N) is 3. The third-order valence-corrected chi connectivity index (χ3v) is 6.07. The van der Waals surface area contributed by atoms with Crippen LogP contribution in [0.25, 0.3) is 10.9 Å². The summed E-state index contributed by atoms with van der Waals surface area (Å²) in [5, 5.41) is 6.09. The third kappa shape index (κ3) is 6.77. The van der Waals surface area contributed by atoms with Gasteiger partial charge in [0.25, 0.3) is 5.91 Å². The van der Waals surface area contributed by atoms with E-state index in [0.29, 0.717) is 34.6 Å². The van der Waals surface area contributed by atoms with Crippen LogP contribution in [-0.2, 0) is 9.59 Å². The molecule has 190 valence electrons. The Morgan fingerprint density at radius 2 is 1.57 bits per heavy atom. The number of aromatic nitrogens is 1. The van der Waals surface area contributed by atoms with Crippen LogP contribution < -0.4 is 20.8 Å². The Hall–Kier alpha value is -4.11. The molecular formula is C28H27BrN4O4. The maximum Gasteiger partial charge on any atom is 0.328 e. The highest BCUT2D eigenvalue weighted by molar-refractivity contribution is 9.10. The summed E-state index contributed by atoms with van der Waals surface area (Å²) in [6.45, 7) is 2.76. The molecule has 0 saturated heterocycles. The summed E-state index contributed by atoms with van der Waals surface area (Å²) in [6.07, 6.45) is 3.20. The van der Waals surface area contributed by atoms with Gasteiger partial charge in [-0.2, -0.15) is 0 Å². The van der Waals surface area contributed by atoms with Gasteiger partial charge in [-0.1, -0.05) is 53.9 Å². The molecule has 0 aliphatic heterocycles. The van der Waals surface area contributed by atoms with Gasteiger partial charge in [-0.05, 0) is 67.1 Å². The van der Waals surface area contributed by atoms with Gasteiger partial charge in [0.05, 0.1) is 12.1 Å². The van der Waals surface area contributed by atoms with Crippen LogP contribution in [0.3, 0.4) is 0 Å². The number of anilines is 2. The lowest BCUT2D eigenvalue weighted by Crippen LogP contribution is -2.36. The van der Waals surface area contributed by atoms with Gasteiger partial charge in [0.15, 0.2) is 0 Å². The number of rotatable bonds is 9. The van der Waals surface area contributed by atoms with Crippen LogP contribution in [0, 0.1) is 0 Å². The number of carbonyl (C=O) groups is 3. The van der Waals surface area contributed by atoms with Gasteiger partial charge < -0.3 is 15.4 Å². The van der Waals surface area contributed by atoms with Crippen LogP contribution in [0.15, 0.2) is 83.3 Å². The van der Waals surface area contributed by atoms with Crippen LogP contribution in [-0.4, -0.2) is 29.0 Å². The molecule has 4 aromatic rings. The fraction of sp³-hybridized carbons (Fsp3) is 0.179. The summed E-state index contributed by atoms with van der Waals surface area (Å²) in [4.78, 5) is 38.5. The zero-order chi connectivity index (χ0) is 26.2. The topological polar surface area (TPSA) is 101 Å². The number of para-hydroxylation sites is 1. The Balaban J connectivity index is 1.47. The van der Waals surface area contributed by atoms with Crippen LogP contribution in [0.5, 0.6) is 5.75 Å². The monoisotopic (exact) mass is 562 g/mol. The number of amides is 3. The van der Waals surface area contributed by atoms with Crippen molar-refractivity contribution in [2.45, 2.75) is 26.2 Å². The van der Waals surface area contributed by atoms with E-state index in [1.54, 1.807) is 66.7 Å². The molecule has 0 saturated carbocycles. The molecule has 0 radical (unpaired) electrons. The van der Waals surface area contributed by atoms with Gasteiger partial charge in [0.2, 0.25) is 0 Å². The highest BCUT2D eigenvalue weighted by Gasteiger charge is 2.21. The fourth-order valence-electron chi connectivity index (χ4n) is 3.71. The smallest absolute Gasteiger partial charge is 0.328 e. The molecule has 0 aliphatic rings. The largest absolute Gasteiger partial charge is 0.494 e. The molecule has 0 unspecified atom stereocenters. The Morgan fingerprint density at radius 3 is 2.30 bits per heavy atom. The van der Waals surface area contributed by atoms with Gasteiger partial charge in [0, 0.05) is 21.2 Å². The van der Waals surface area contributed by atoms with E-state index >= 15 is 0 Å². The minimum atomic E-state index is -0.922. The third-order valence-electron chi connectivity index (χ3n) is 5.58. The number of nitrogens with zero attached hydrogens (tertiary/aromatic N) is 1. The average molecular weight is 563 g/mol. The number of benzene rings is 3. The lowest BCUT2D eigenvalue weighted by atomic mass is 10.2. The number of fused-ring (bicyclic) bond motifs is 1. The van der Waals surface area contributed by atoms with Gasteiger partial charge in [-0.15, -0.1) is 0 Å². The predicted molar refractivity (Wildman–Crippen MR) is 148 cm³/mol. The normalized spacial score (nSPS) is 10.6. The second-order valence-electron chi connectivity index (χ2n) is 8.36. The van der Waals surface area contributed by atoms with E-state index in [1.165, 1.54) is 4.68 Å². The van der Waals surface area contributed by atoms with Crippen molar-refractivity contribution in [3.05, 3.63) is 89.0 Å². The quantitative estimate of drug-likeness (QED) is 0.174. The highest BCUT2D eigenvalue weighted by atomic mass is 79.9. The summed E-state index contributed by atoms with van der Waals surface area (Å²) >= 11 is 3.42. The van der Waals surface area contributed by atoms with E-state index in [-0.39, 0.29) is 5.69 Å². The fourth-order valence-corrected chi connectivity index (χ4v) is 4.09. The Kier molecular flexibility index (Phi) is 8.58. The second kappa shape index (κ2) is 12.2. The first-order valence-corrected chi connectivity index (χ1v) is 12.8. The molecule has 3 amide bonds. The van der Waals surface area contributed by atoms with Crippen LogP contribution in [0.2, 0.25) is 0 Å². The van der Waals surface area contributed by atoms with Crippen LogP contribution >= 0.6 is 15.9 Å². The molecule has 0 spiro atoms. The van der Waals surface area contributed by atoms with Crippen molar-refractivity contribution in [2.24, 2.45) is 0 Å². The molecule has 4 rings (SSSR count). The van der Waals surface area contributed by atoms with Crippen molar-refractivity contribution in [3.63, 3.8) is 0 Å². The molecule has 9 heteroatoms. The molecule has 1 heterocycles. The number of ether oxygens (including phenoxy) is 1. The van der Waals surface area contributed by atoms with Crippen molar-refractivity contribution >= 4 is 55.9 Å². The summed E-state index contributed by atoms with van der Waals surface area (Å²) < 4.78 is 7.81. The Morgan fingerprint density at radius 1 is 0.838 bits per heavy atom. The lowest BCUT2D eigenvalue weighted by molar-refractivity contribution is -0.133. The van der Waals surface area contributed by atoms with Crippen molar-refractivity contribution in [1.82, 2.24) is 4.68 Å². The minimum Gasteiger partial charge on any atom is -0.494 e. The molecular weight excluding hydrogens is 536 g/mol. The number of hydrogen-bond donors (Lipinski definition) is 3. The summed E-state index contributed by atoms with van der Waals surface area (Å²) in [6, 6.07) is 22.8. The molecule has 3 N–H and O–H groups in total. The Bertz CT molecular complexity index is 1400. The van der Waals surface area contributed by atoms with Crippen molar-refractivity contribution in [2.75, 3.05) is 22.7 Å². The van der Waals surface area contributed by atoms with Crippen LogP contribution in [0.4, 0.5) is 11.4 Å². The van der Waals surface area contributed by atoms with Gasteiger partial charge in [-0.25, -0.2) is 4.68 Å². The first kappa shape index (κ1) is 26.0. The van der Waals surface area contributed by atoms with Crippen molar-refractivity contribution < 1.29 is 19.1 Å². The predicted octanol–water partition coefficient (Wildman–Crippen LogP) is 5.93. The summed E-state index contributed by atoms with van der Waals surface area (Å²) in [7, 11) is 0. The zero-order valence-corrected chi connectivity index (χ0v) is 21.9. The molecule has 3 aromatic carbocycles. The molecule has 1 aromatic heterocycles. The zero-order valence-electron chi connectivity index (χ0n) is 20.3. The minimum absolute atomic E-state index is 0.169. The molecule has 0 fully saturated rings. The lowest BCUT2D eigenvalue weighted by Gasteiger charge is -2.13. The van der Waals surface area contributed by atoms with Gasteiger partial charge in [-0.3, -0.25) is 19.8 Å². The van der Waals surface area contributed by atoms with Crippen molar-refractivity contribution in [3.8, 4) is 5.75 Å². The van der Waals surface area contributed by atoms with E-state index in [1.807, 2.05) is 12.1 Å². The first-order chi connectivity index (χ1) is 17.9. The maximum absolute atomic E-state index is 13.1. The maximum atomic E-state index is 13.1. The Labute approximate surface area is 223 Å². The molecule has 37 heavy (non-hydrogen) atoms. The number of halogens is 1. The number of unbranched alkanes of at least 4 members (excludes halogenated alkanes) is 2. The molecule has 8 nitrogen and oxygen atoms in total. The van der Waals surface area contributed by atoms with Gasteiger partial charge in [0.1, 0.15) is 11.4 Å². The first-order valence-electron chi connectivity index (χ1n) is 12.0. The van der Waals surface area contributed by atoms with Crippen molar-refractivity contribution in [1.29, 1.82) is 0 Å². The van der Waals surface area contributed by atoms with E-state index in [9.17, 15) is 14.4 Å². The number of carbonyl (C=O) groups excluding carboxylic acids is 3. The summed E-state index contributed by atoms with van der Waals surface area (Å²) in [5.41, 5.74) is 4.34. The average Bonchev–Trinajstić information content (AvgIpc) is 3.25. The van der Waals surface area contributed by atoms with Gasteiger partial charge >= 0.3 is 11.8 Å². The van der Waals surface area contributed by atoms with E-state index in [2.05, 4.69) is 38.9 Å². The second-order valence-corrected chi connectivity index (χ2v) is 9.28. The summed E-state index contributed by atoms with van der Waals surface area (Å²) in [5.74, 6) is -1.54. The van der Waals surface area contributed by atoms with E-state index in [0.717, 1.165) is 23.7 Å². The van der Waals surface area contributed by atoms with Crippen LogP contribution in [0.1, 0.15) is 36.7 Å². The van der Waals surface area contributed by atoms with E-state index in [4.69, 9.17) is 4.74 Å². The molecule has 0 aliphatic carbocycles. The number of hydrogen-bond acceptors (Lipinski definition) is 4. The standard InChI is InChI=1S/C28H27BrN4O4/c1-2-3-7-16-37-23-13-11-22(12-14-23)31-27(35)28(36)32-33-24-15-10-20(29)17-19(24)18-25(33)26(34)30-21-8-5-4-6-9-21/h4-6,8-15,17-18H,2-3,7,16H2,1H3,(H,30,34)(H,31,35)(H,32,36). The highest BCUT2D eigenvalue weighted by Crippen LogP contribution is 2.24. The van der Waals surface area contributed by atoms with E-state index < -0.39 is 17.7 Å². The molecule has 0 atom stereocenters.